The van der Waals surface area contributed by atoms with Crippen LogP contribution in [0.2, 0.25) is 0 Å². The fraction of sp³-hybridized carbons (Fsp3) is 0.200. The van der Waals surface area contributed by atoms with Crippen LogP contribution in [0.1, 0.15) is 11.1 Å². The lowest BCUT2D eigenvalue weighted by Crippen LogP contribution is -2.22. The quantitative estimate of drug-likeness (QED) is 0.684. The second-order valence-corrected chi connectivity index (χ2v) is 4.74. The van der Waals surface area contributed by atoms with Gasteiger partial charge in [-0.3, -0.25) is 0 Å². The predicted molar refractivity (Wildman–Crippen MR) is 69.0 cm³/mol. The lowest BCUT2D eigenvalue weighted by molar-refractivity contribution is -0.137. The van der Waals surface area contributed by atoms with Gasteiger partial charge in [-0.1, -0.05) is 24.3 Å². The van der Waals surface area contributed by atoms with Crippen molar-refractivity contribution < 1.29 is 13.2 Å². The van der Waals surface area contributed by atoms with E-state index in [-0.39, 0.29) is 0 Å². The van der Waals surface area contributed by atoms with E-state index in [4.69, 9.17) is 0 Å². The molecular formula is C15H12F3N. The zero-order valence-electron chi connectivity index (χ0n) is 10.3. The van der Waals surface area contributed by atoms with Crippen molar-refractivity contribution in [1.29, 1.82) is 0 Å². The van der Waals surface area contributed by atoms with E-state index in [1.807, 2.05) is 36.2 Å². The zero-order valence-corrected chi connectivity index (χ0v) is 10.3. The highest BCUT2D eigenvalue weighted by atomic mass is 19.4. The molecule has 0 bridgehead atoms. The molecule has 2 aromatic rings. The van der Waals surface area contributed by atoms with E-state index in [1.165, 1.54) is 6.07 Å². The number of anilines is 1. The molecule has 1 nitrogen and oxygen atoms in total. The molecule has 4 heteroatoms. The molecule has 0 unspecified atom stereocenters. The first kappa shape index (κ1) is 12.1. The van der Waals surface area contributed by atoms with Crippen LogP contribution in [0.5, 0.6) is 0 Å². The normalized spacial score (nSPS) is 14.0. The summed E-state index contributed by atoms with van der Waals surface area (Å²) in [4.78, 5) is 1.97. The van der Waals surface area contributed by atoms with Crippen molar-refractivity contribution >= 4 is 5.69 Å². The first-order valence-electron chi connectivity index (χ1n) is 5.97. The molecule has 0 saturated carbocycles. The lowest BCUT2D eigenvalue weighted by Gasteiger charge is -2.30. The molecular weight excluding hydrogens is 251 g/mol. The number of rotatable bonds is 0. The molecule has 0 fully saturated rings. The van der Waals surface area contributed by atoms with Gasteiger partial charge in [-0.2, -0.15) is 13.2 Å². The first-order valence-corrected chi connectivity index (χ1v) is 5.97. The van der Waals surface area contributed by atoms with E-state index in [9.17, 15) is 13.2 Å². The van der Waals surface area contributed by atoms with E-state index in [0.717, 1.165) is 22.9 Å². The summed E-state index contributed by atoms with van der Waals surface area (Å²) in [5.41, 5.74) is 2.83. The maximum Gasteiger partial charge on any atom is 0.416 e. The minimum atomic E-state index is -4.31. The molecule has 2 aromatic carbocycles. The van der Waals surface area contributed by atoms with Crippen LogP contribution in [0.15, 0.2) is 42.5 Å². The highest BCUT2D eigenvalue weighted by Gasteiger charge is 2.32. The third-order valence-corrected chi connectivity index (χ3v) is 3.45. The first-order chi connectivity index (χ1) is 8.97. The molecule has 0 atom stereocenters. The number of fused-ring (bicyclic) bond motifs is 3. The summed E-state index contributed by atoms with van der Waals surface area (Å²) >= 11 is 0. The van der Waals surface area contributed by atoms with Gasteiger partial charge in [0, 0.05) is 24.8 Å². The molecule has 1 aliphatic heterocycles. The van der Waals surface area contributed by atoms with Gasteiger partial charge in [0.05, 0.1) is 5.56 Å². The Kier molecular flexibility index (Phi) is 2.55. The Morgan fingerprint density at radius 2 is 1.74 bits per heavy atom. The number of benzene rings is 2. The third-order valence-electron chi connectivity index (χ3n) is 3.45. The number of hydrogen-bond acceptors (Lipinski definition) is 1. The van der Waals surface area contributed by atoms with Gasteiger partial charge in [-0.05, 0) is 29.3 Å². The van der Waals surface area contributed by atoms with Gasteiger partial charge in [-0.15, -0.1) is 0 Å². The highest BCUT2D eigenvalue weighted by molar-refractivity contribution is 5.84. The summed E-state index contributed by atoms with van der Waals surface area (Å²) in [7, 11) is 1.89. The van der Waals surface area contributed by atoms with E-state index in [1.54, 1.807) is 6.07 Å². The van der Waals surface area contributed by atoms with Crippen LogP contribution in [-0.2, 0) is 12.7 Å². The molecule has 0 aromatic heterocycles. The molecule has 0 radical (unpaired) electrons. The Balaban J connectivity index is 2.23. The number of nitrogens with zero attached hydrogens (tertiary/aromatic N) is 1. The molecule has 0 N–H and O–H groups in total. The summed E-state index contributed by atoms with van der Waals surface area (Å²) in [6, 6.07) is 11.5. The van der Waals surface area contributed by atoms with Crippen molar-refractivity contribution in [2.75, 3.05) is 11.9 Å². The molecule has 0 aliphatic carbocycles. The average molecular weight is 263 g/mol. The van der Waals surface area contributed by atoms with Gasteiger partial charge < -0.3 is 4.90 Å². The molecule has 3 rings (SSSR count). The van der Waals surface area contributed by atoms with Gasteiger partial charge >= 0.3 is 6.18 Å². The van der Waals surface area contributed by atoms with Gasteiger partial charge in [0.15, 0.2) is 0 Å². The molecule has 19 heavy (non-hydrogen) atoms. The second kappa shape index (κ2) is 4.02. The van der Waals surface area contributed by atoms with E-state index in [0.29, 0.717) is 12.1 Å². The Morgan fingerprint density at radius 1 is 1.00 bits per heavy atom. The van der Waals surface area contributed by atoms with Crippen molar-refractivity contribution in [1.82, 2.24) is 0 Å². The molecule has 0 amide bonds. The van der Waals surface area contributed by atoms with Crippen LogP contribution in [0.3, 0.4) is 0 Å². The molecule has 1 aliphatic rings. The summed E-state index contributed by atoms with van der Waals surface area (Å²) in [6.07, 6.45) is -4.31. The Bertz CT molecular complexity index is 632. The Labute approximate surface area is 109 Å². The fourth-order valence-corrected chi connectivity index (χ4v) is 2.52. The van der Waals surface area contributed by atoms with Gasteiger partial charge in [0.1, 0.15) is 0 Å². The summed E-state index contributed by atoms with van der Waals surface area (Å²) in [5, 5.41) is 0. The molecule has 0 saturated heterocycles. The predicted octanol–water partition coefficient (Wildman–Crippen LogP) is 4.32. The molecule has 1 heterocycles. The Morgan fingerprint density at radius 3 is 2.47 bits per heavy atom. The highest BCUT2D eigenvalue weighted by Crippen LogP contribution is 2.41. The number of alkyl halides is 3. The van der Waals surface area contributed by atoms with Crippen LogP contribution in [-0.4, -0.2) is 7.05 Å². The lowest BCUT2D eigenvalue weighted by atomic mass is 9.92. The van der Waals surface area contributed by atoms with Crippen molar-refractivity contribution in [3.63, 3.8) is 0 Å². The van der Waals surface area contributed by atoms with Crippen molar-refractivity contribution in [3.8, 4) is 11.1 Å². The topological polar surface area (TPSA) is 3.24 Å². The number of halogens is 3. The SMILES string of the molecule is CN1Cc2ccccc2-c2cc(C(F)(F)F)ccc21. The van der Waals surface area contributed by atoms with Gasteiger partial charge in [-0.25, -0.2) is 0 Å². The van der Waals surface area contributed by atoms with E-state index in [2.05, 4.69) is 0 Å². The smallest absolute Gasteiger partial charge is 0.370 e. The summed E-state index contributed by atoms with van der Waals surface area (Å²) in [6.45, 7) is 0.717. The zero-order chi connectivity index (χ0) is 13.6. The third kappa shape index (κ3) is 1.97. The minimum Gasteiger partial charge on any atom is -0.370 e. The van der Waals surface area contributed by atoms with Gasteiger partial charge in [0.25, 0.3) is 0 Å². The standard InChI is InChI=1S/C15H12F3N/c1-19-9-10-4-2-3-5-12(10)13-8-11(15(16,17)18)6-7-14(13)19/h2-8H,9H2,1H3. The monoisotopic (exact) mass is 263 g/mol. The minimum absolute atomic E-state index is 0.601. The van der Waals surface area contributed by atoms with E-state index >= 15 is 0 Å². The van der Waals surface area contributed by atoms with E-state index < -0.39 is 11.7 Å². The largest absolute Gasteiger partial charge is 0.416 e. The average Bonchev–Trinajstić information content (AvgIpc) is 2.37. The fourth-order valence-electron chi connectivity index (χ4n) is 2.52. The molecule has 98 valence electrons. The van der Waals surface area contributed by atoms with Crippen LogP contribution >= 0.6 is 0 Å². The van der Waals surface area contributed by atoms with Crippen LogP contribution in [0.4, 0.5) is 18.9 Å². The maximum atomic E-state index is 12.8. The van der Waals surface area contributed by atoms with Crippen molar-refractivity contribution in [3.05, 3.63) is 53.6 Å². The Hall–Kier alpha value is -1.97. The second-order valence-electron chi connectivity index (χ2n) is 4.74. The van der Waals surface area contributed by atoms with Crippen molar-refractivity contribution in [2.24, 2.45) is 0 Å². The van der Waals surface area contributed by atoms with Crippen LogP contribution in [0, 0.1) is 0 Å². The van der Waals surface area contributed by atoms with Crippen LogP contribution in [0.25, 0.3) is 11.1 Å². The van der Waals surface area contributed by atoms with Gasteiger partial charge in [0.2, 0.25) is 0 Å². The van der Waals surface area contributed by atoms with Crippen molar-refractivity contribution in [2.45, 2.75) is 12.7 Å². The molecule has 0 spiro atoms. The van der Waals surface area contributed by atoms with Crippen LogP contribution < -0.4 is 4.90 Å². The number of hydrogen-bond donors (Lipinski definition) is 0. The summed E-state index contributed by atoms with van der Waals surface area (Å²) in [5.74, 6) is 0. The maximum absolute atomic E-state index is 12.8. The summed E-state index contributed by atoms with van der Waals surface area (Å²) < 4.78 is 38.5.